The van der Waals surface area contributed by atoms with Crippen LogP contribution in [0.2, 0.25) is 0 Å². The molecule has 0 fully saturated rings. The van der Waals surface area contributed by atoms with Crippen molar-refractivity contribution in [3.05, 3.63) is 46.8 Å². The minimum absolute atomic E-state index is 0.0378. The van der Waals surface area contributed by atoms with Crippen LogP contribution in [0.5, 0.6) is 0 Å². The van der Waals surface area contributed by atoms with Gasteiger partial charge in [-0.15, -0.1) is 10.2 Å². The number of ketones is 2. The van der Waals surface area contributed by atoms with Gasteiger partial charge in [-0.05, 0) is 44.5 Å². The fraction of sp³-hybridized carbons (Fsp3) is 0.364. The topological polar surface area (TPSA) is 126 Å². The first-order valence-electron chi connectivity index (χ1n) is 10.4. The Morgan fingerprint density at radius 1 is 1.15 bits per heavy atom. The number of carbonyl (C=O) groups is 2. The lowest BCUT2D eigenvalue weighted by atomic mass is 10.1. The molecule has 0 aliphatic heterocycles. The summed E-state index contributed by atoms with van der Waals surface area (Å²) in [4.78, 5) is 27.6. The third kappa shape index (κ3) is 5.10. The Balaban J connectivity index is 1.76. The van der Waals surface area contributed by atoms with E-state index in [1.807, 2.05) is 0 Å². The van der Waals surface area contributed by atoms with E-state index in [0.717, 1.165) is 11.8 Å². The van der Waals surface area contributed by atoms with Gasteiger partial charge in [-0.25, -0.2) is 8.42 Å². The van der Waals surface area contributed by atoms with E-state index in [2.05, 4.69) is 15.2 Å². The summed E-state index contributed by atoms with van der Waals surface area (Å²) in [5.74, 6) is -0.0944. The van der Waals surface area contributed by atoms with E-state index in [9.17, 15) is 18.0 Å². The van der Waals surface area contributed by atoms with Crippen LogP contribution in [0.3, 0.4) is 0 Å². The number of H-pyrrole nitrogens is 1. The molecule has 0 radical (unpaired) electrons. The quantitative estimate of drug-likeness (QED) is 0.335. The smallest absolute Gasteiger partial charge is 0.277 e. The Labute approximate surface area is 197 Å². The third-order valence-electron chi connectivity index (χ3n) is 5.23. The Morgan fingerprint density at radius 2 is 1.85 bits per heavy atom. The number of sulfonamides is 1. The van der Waals surface area contributed by atoms with Crippen molar-refractivity contribution in [2.45, 2.75) is 44.7 Å². The molecule has 0 unspecified atom stereocenters. The molecule has 0 amide bonds. The van der Waals surface area contributed by atoms with Crippen molar-refractivity contribution in [2.24, 2.45) is 0 Å². The maximum absolute atomic E-state index is 12.8. The molecule has 0 saturated heterocycles. The SMILES string of the molecule is CCN(CC)S(=O)(=O)c1cccc(-c2nnc(SCC(=O)c3[nH]c(C)c(C(C)=O)c3C)o2)c1. The van der Waals surface area contributed by atoms with Crippen molar-refractivity contribution < 1.29 is 22.4 Å². The molecular weight excluding hydrogens is 464 g/mol. The van der Waals surface area contributed by atoms with E-state index >= 15 is 0 Å². The van der Waals surface area contributed by atoms with Crippen LogP contribution in [-0.4, -0.2) is 58.3 Å². The highest BCUT2D eigenvalue weighted by Gasteiger charge is 2.23. The lowest BCUT2D eigenvalue weighted by Crippen LogP contribution is -2.30. The predicted molar refractivity (Wildman–Crippen MR) is 125 cm³/mol. The lowest BCUT2D eigenvalue weighted by Gasteiger charge is -2.18. The number of thioether (sulfide) groups is 1. The van der Waals surface area contributed by atoms with Gasteiger partial charge < -0.3 is 9.40 Å². The second-order valence-corrected chi connectivity index (χ2v) is 10.2. The van der Waals surface area contributed by atoms with Crippen LogP contribution in [-0.2, 0) is 10.0 Å². The van der Waals surface area contributed by atoms with Crippen LogP contribution >= 0.6 is 11.8 Å². The molecule has 9 nitrogen and oxygen atoms in total. The number of carbonyl (C=O) groups excluding carboxylic acids is 2. The van der Waals surface area contributed by atoms with Crippen molar-refractivity contribution in [1.82, 2.24) is 19.5 Å². The number of benzene rings is 1. The maximum Gasteiger partial charge on any atom is 0.277 e. The molecule has 0 aliphatic rings. The summed E-state index contributed by atoms with van der Waals surface area (Å²) in [6.45, 7) is 9.26. The minimum Gasteiger partial charge on any atom is -0.411 e. The van der Waals surface area contributed by atoms with Crippen LogP contribution in [0.25, 0.3) is 11.5 Å². The van der Waals surface area contributed by atoms with Gasteiger partial charge in [-0.1, -0.05) is 31.7 Å². The molecule has 3 aromatic rings. The van der Waals surface area contributed by atoms with Crippen LogP contribution in [0, 0.1) is 13.8 Å². The number of aromatic nitrogens is 3. The normalized spacial score (nSPS) is 11.8. The van der Waals surface area contributed by atoms with Crippen molar-refractivity contribution in [3.63, 3.8) is 0 Å². The number of nitrogens with zero attached hydrogens (tertiary/aromatic N) is 3. The van der Waals surface area contributed by atoms with Gasteiger partial charge in [0.1, 0.15) is 0 Å². The van der Waals surface area contributed by atoms with E-state index in [-0.39, 0.29) is 33.3 Å². The van der Waals surface area contributed by atoms with Gasteiger partial charge in [-0.2, -0.15) is 4.31 Å². The molecule has 1 aromatic carbocycles. The number of rotatable bonds is 10. The fourth-order valence-corrected chi connectivity index (χ4v) is 5.78. The molecule has 0 atom stereocenters. The summed E-state index contributed by atoms with van der Waals surface area (Å²) in [5.41, 5.74) is 2.68. The number of aromatic amines is 1. The monoisotopic (exact) mass is 490 g/mol. The van der Waals surface area contributed by atoms with Crippen LogP contribution < -0.4 is 0 Å². The summed E-state index contributed by atoms with van der Waals surface area (Å²) >= 11 is 1.07. The molecule has 2 heterocycles. The molecule has 0 aliphatic carbocycles. The molecule has 0 bridgehead atoms. The minimum atomic E-state index is -3.62. The summed E-state index contributed by atoms with van der Waals surface area (Å²) in [6, 6.07) is 6.32. The number of hydrogen-bond donors (Lipinski definition) is 1. The van der Waals surface area contributed by atoms with E-state index in [1.54, 1.807) is 39.8 Å². The van der Waals surface area contributed by atoms with E-state index < -0.39 is 10.0 Å². The van der Waals surface area contributed by atoms with Crippen molar-refractivity contribution >= 4 is 33.4 Å². The summed E-state index contributed by atoms with van der Waals surface area (Å²) < 4.78 is 32.6. The van der Waals surface area contributed by atoms with Gasteiger partial charge in [0, 0.05) is 29.9 Å². The first kappa shape index (κ1) is 24.9. The van der Waals surface area contributed by atoms with Gasteiger partial charge in [-0.3, -0.25) is 9.59 Å². The predicted octanol–water partition coefficient (Wildman–Crippen LogP) is 3.89. The van der Waals surface area contributed by atoms with Crippen molar-refractivity contribution in [1.29, 1.82) is 0 Å². The molecule has 176 valence electrons. The van der Waals surface area contributed by atoms with Crippen LogP contribution in [0.15, 0.2) is 38.8 Å². The van der Waals surface area contributed by atoms with E-state index in [4.69, 9.17) is 4.42 Å². The number of aryl methyl sites for hydroxylation is 1. The molecule has 33 heavy (non-hydrogen) atoms. The molecular formula is C22H26N4O5S2. The fourth-order valence-electron chi connectivity index (χ4n) is 3.64. The maximum atomic E-state index is 12.8. The van der Waals surface area contributed by atoms with Gasteiger partial charge in [0.05, 0.1) is 16.3 Å². The van der Waals surface area contributed by atoms with Crippen molar-refractivity contribution in [2.75, 3.05) is 18.8 Å². The summed E-state index contributed by atoms with van der Waals surface area (Å²) in [6.07, 6.45) is 0. The Hall–Kier alpha value is -2.76. The van der Waals surface area contributed by atoms with Crippen molar-refractivity contribution in [3.8, 4) is 11.5 Å². The standard InChI is InChI=1S/C22H26N4O5S2/c1-6-26(7-2)33(29,30)17-10-8-9-16(11-17)21-24-25-22(31-21)32-12-18(28)20-13(3)19(15(5)27)14(4)23-20/h8-11,23H,6-7,12H2,1-5H3. The highest BCUT2D eigenvalue weighted by Crippen LogP contribution is 2.27. The third-order valence-corrected chi connectivity index (χ3v) is 8.09. The average Bonchev–Trinajstić information content (AvgIpc) is 3.37. The summed E-state index contributed by atoms with van der Waals surface area (Å²) in [7, 11) is -3.62. The zero-order valence-corrected chi connectivity index (χ0v) is 20.8. The Bertz CT molecular complexity index is 1290. The van der Waals surface area contributed by atoms with Gasteiger partial charge in [0.15, 0.2) is 11.6 Å². The zero-order valence-electron chi connectivity index (χ0n) is 19.1. The van der Waals surface area contributed by atoms with Crippen LogP contribution in [0.4, 0.5) is 0 Å². The largest absolute Gasteiger partial charge is 0.411 e. The van der Waals surface area contributed by atoms with Gasteiger partial charge in [0.2, 0.25) is 15.9 Å². The first-order valence-corrected chi connectivity index (χ1v) is 12.8. The molecule has 0 saturated carbocycles. The highest BCUT2D eigenvalue weighted by atomic mass is 32.2. The first-order chi connectivity index (χ1) is 15.6. The van der Waals surface area contributed by atoms with E-state index in [1.165, 1.54) is 23.4 Å². The van der Waals surface area contributed by atoms with Crippen LogP contribution in [0.1, 0.15) is 52.9 Å². The molecule has 3 rings (SSSR count). The molecule has 0 spiro atoms. The second-order valence-electron chi connectivity index (χ2n) is 7.38. The average molecular weight is 491 g/mol. The second kappa shape index (κ2) is 10.0. The molecule has 1 N–H and O–H groups in total. The lowest BCUT2D eigenvalue weighted by molar-refractivity contribution is 0.101. The Morgan fingerprint density at radius 3 is 2.45 bits per heavy atom. The Kier molecular flexibility index (Phi) is 7.55. The van der Waals surface area contributed by atoms with Gasteiger partial charge in [0.25, 0.3) is 5.22 Å². The summed E-state index contributed by atoms with van der Waals surface area (Å²) in [5, 5.41) is 8.14. The molecule has 11 heteroatoms. The van der Waals surface area contributed by atoms with E-state index in [0.29, 0.717) is 41.2 Å². The highest BCUT2D eigenvalue weighted by molar-refractivity contribution is 7.99. The molecule has 2 aromatic heterocycles. The number of Topliss-reactive ketones (excluding diaryl/α,β-unsaturated/α-hetero) is 2. The number of nitrogens with one attached hydrogen (secondary N) is 1. The number of hydrogen-bond acceptors (Lipinski definition) is 8. The zero-order chi connectivity index (χ0) is 24.3. The van der Waals surface area contributed by atoms with Gasteiger partial charge >= 0.3 is 0 Å².